The van der Waals surface area contributed by atoms with Crippen LogP contribution in [0, 0.1) is 11.2 Å². The molecule has 1 aliphatic carbocycles. The van der Waals surface area contributed by atoms with Gasteiger partial charge in [0.1, 0.15) is 11.4 Å². The van der Waals surface area contributed by atoms with E-state index in [4.69, 9.17) is 4.74 Å². The Morgan fingerprint density at radius 1 is 1.26 bits per heavy atom. The molecule has 1 amide bonds. The van der Waals surface area contributed by atoms with Gasteiger partial charge >= 0.3 is 0 Å². The summed E-state index contributed by atoms with van der Waals surface area (Å²) in [7, 11) is 0. The Hall–Kier alpha value is -2.51. The molecule has 2 aliphatic rings. The molecule has 4 rings (SSSR count). The molecule has 2 heterocycles. The van der Waals surface area contributed by atoms with Crippen molar-refractivity contribution in [1.82, 2.24) is 15.6 Å². The highest BCUT2D eigenvalue weighted by Crippen LogP contribution is 2.48. The number of aliphatic hydroxyl groups excluding tert-OH is 1. The molecule has 0 radical (unpaired) electrons. The summed E-state index contributed by atoms with van der Waals surface area (Å²) in [6.07, 6.45) is 6.42. The van der Waals surface area contributed by atoms with E-state index in [1.807, 2.05) is 6.20 Å². The first kappa shape index (κ1) is 25.6. The van der Waals surface area contributed by atoms with Gasteiger partial charge in [0.15, 0.2) is 0 Å². The van der Waals surface area contributed by atoms with Crippen molar-refractivity contribution in [2.24, 2.45) is 5.41 Å². The number of benzene rings is 1. The Morgan fingerprint density at radius 3 is 2.57 bits per heavy atom. The minimum absolute atomic E-state index is 0.00455. The first-order chi connectivity index (χ1) is 16.5. The molecule has 3 N–H and O–H groups in total. The van der Waals surface area contributed by atoms with Crippen molar-refractivity contribution in [3.05, 3.63) is 59.0 Å². The summed E-state index contributed by atoms with van der Waals surface area (Å²) in [5.74, 6) is 0.164. The van der Waals surface area contributed by atoms with Gasteiger partial charge in [0.05, 0.1) is 12.1 Å². The number of halogens is 1. The molecule has 2 aromatic rings. The van der Waals surface area contributed by atoms with E-state index in [0.717, 1.165) is 43.2 Å². The number of hydrogen-bond donors (Lipinski definition) is 3. The number of carbonyl (C=O) groups excluding carboxylic acids is 1. The van der Waals surface area contributed by atoms with Gasteiger partial charge in [-0.15, -0.1) is 0 Å². The second-order valence-electron chi connectivity index (χ2n) is 11.5. The number of aromatic nitrogens is 1. The largest absolute Gasteiger partial charge is 0.471 e. The normalized spacial score (nSPS) is 20.3. The minimum atomic E-state index is -0.821. The molecule has 1 aliphatic heterocycles. The summed E-state index contributed by atoms with van der Waals surface area (Å²) in [4.78, 5) is 16.5. The Morgan fingerprint density at radius 2 is 1.97 bits per heavy atom. The van der Waals surface area contributed by atoms with Crippen LogP contribution < -0.4 is 15.4 Å². The molecule has 7 heteroatoms. The fraction of sp³-hybridized carbons (Fsp3) is 0.571. The zero-order valence-corrected chi connectivity index (χ0v) is 21.2. The zero-order valence-electron chi connectivity index (χ0n) is 21.2. The van der Waals surface area contributed by atoms with Gasteiger partial charge in [0.2, 0.25) is 11.8 Å². The lowest BCUT2D eigenvalue weighted by Gasteiger charge is -2.47. The fourth-order valence-corrected chi connectivity index (χ4v) is 5.17. The topological polar surface area (TPSA) is 83.5 Å². The molecule has 0 bridgehead atoms. The van der Waals surface area contributed by atoms with Gasteiger partial charge in [-0.2, -0.15) is 0 Å². The first-order valence-electron chi connectivity index (χ1n) is 12.6. The van der Waals surface area contributed by atoms with Gasteiger partial charge in [0, 0.05) is 37.7 Å². The molecule has 6 nitrogen and oxygen atoms in total. The molecule has 3 atom stereocenters. The maximum Gasteiger partial charge on any atom is 0.218 e. The maximum absolute atomic E-state index is 13.3. The standard InChI is InChI=1S/C28H38FN3O3/c1-18(33)32-23(13-19-6-8-21(29)9-7-19)25(34)17-30-24-15-28(10-5-11-28)35-26-22(24)12-20(16-31-26)14-27(2,3)4/h6-9,12,16,23-25,30,34H,5,10-11,13-15,17H2,1-4H3,(H,32,33). The maximum atomic E-state index is 13.3. The van der Waals surface area contributed by atoms with Gasteiger partial charge in [0.25, 0.3) is 0 Å². The fourth-order valence-electron chi connectivity index (χ4n) is 5.17. The van der Waals surface area contributed by atoms with Crippen molar-refractivity contribution in [3.63, 3.8) is 0 Å². The third-order valence-electron chi connectivity index (χ3n) is 6.99. The Bertz CT molecular complexity index is 1030. The summed E-state index contributed by atoms with van der Waals surface area (Å²) in [5.41, 5.74) is 3.02. The Kier molecular flexibility index (Phi) is 7.48. The number of aliphatic hydroxyl groups is 1. The highest BCUT2D eigenvalue weighted by atomic mass is 19.1. The van der Waals surface area contributed by atoms with Gasteiger partial charge in [-0.3, -0.25) is 4.79 Å². The van der Waals surface area contributed by atoms with E-state index in [2.05, 4.69) is 42.5 Å². The average Bonchev–Trinajstić information content (AvgIpc) is 2.75. The van der Waals surface area contributed by atoms with Crippen LogP contribution in [0.5, 0.6) is 5.88 Å². The average molecular weight is 484 g/mol. The summed E-state index contributed by atoms with van der Waals surface area (Å²) >= 11 is 0. The number of amides is 1. The second-order valence-corrected chi connectivity index (χ2v) is 11.5. The van der Waals surface area contributed by atoms with Crippen LogP contribution in [0.15, 0.2) is 36.5 Å². The highest BCUT2D eigenvalue weighted by molar-refractivity contribution is 5.73. The van der Waals surface area contributed by atoms with Crippen LogP contribution in [-0.4, -0.2) is 40.3 Å². The third-order valence-corrected chi connectivity index (χ3v) is 6.99. The van der Waals surface area contributed by atoms with E-state index in [-0.39, 0.29) is 28.8 Å². The van der Waals surface area contributed by atoms with Gasteiger partial charge in [-0.25, -0.2) is 9.37 Å². The summed E-state index contributed by atoms with van der Waals surface area (Å²) < 4.78 is 19.7. The summed E-state index contributed by atoms with van der Waals surface area (Å²) in [5, 5.41) is 17.5. The van der Waals surface area contributed by atoms with Crippen LogP contribution in [0.25, 0.3) is 0 Å². The lowest BCUT2D eigenvalue weighted by Crippen LogP contribution is -2.52. The predicted molar refractivity (Wildman–Crippen MR) is 134 cm³/mol. The molecule has 1 fully saturated rings. The lowest BCUT2D eigenvalue weighted by atomic mass is 9.73. The Labute approximate surface area is 207 Å². The first-order valence-corrected chi connectivity index (χ1v) is 12.6. The van der Waals surface area contributed by atoms with E-state index < -0.39 is 12.1 Å². The van der Waals surface area contributed by atoms with E-state index in [1.165, 1.54) is 24.6 Å². The van der Waals surface area contributed by atoms with Crippen molar-refractivity contribution in [3.8, 4) is 5.88 Å². The van der Waals surface area contributed by atoms with Crippen molar-refractivity contribution in [2.45, 2.75) is 90.0 Å². The molecule has 1 aromatic carbocycles. The van der Waals surface area contributed by atoms with Crippen LogP contribution in [0.1, 0.15) is 76.1 Å². The molecular formula is C28H38FN3O3. The number of rotatable bonds is 8. The van der Waals surface area contributed by atoms with Crippen LogP contribution in [0.4, 0.5) is 4.39 Å². The quantitative estimate of drug-likeness (QED) is 0.523. The van der Waals surface area contributed by atoms with Crippen molar-refractivity contribution < 1.29 is 19.0 Å². The van der Waals surface area contributed by atoms with Crippen molar-refractivity contribution in [1.29, 1.82) is 0 Å². The molecule has 35 heavy (non-hydrogen) atoms. The van der Waals surface area contributed by atoms with E-state index in [9.17, 15) is 14.3 Å². The smallest absolute Gasteiger partial charge is 0.218 e. The SMILES string of the molecule is CC(=O)NC(Cc1ccc(F)cc1)C(O)CNC1CC2(CCC2)Oc2ncc(CC(C)(C)C)cc21. The zero-order chi connectivity index (χ0) is 25.2. The molecule has 1 spiro atoms. The van der Waals surface area contributed by atoms with Crippen LogP contribution in [-0.2, 0) is 17.6 Å². The number of nitrogens with one attached hydrogen (secondary N) is 2. The molecular weight excluding hydrogens is 445 g/mol. The van der Waals surface area contributed by atoms with Crippen LogP contribution in [0.3, 0.4) is 0 Å². The summed E-state index contributed by atoms with van der Waals surface area (Å²) in [6.45, 7) is 8.37. The number of carbonyl (C=O) groups is 1. The number of fused-ring (bicyclic) bond motifs is 1. The molecule has 0 saturated heterocycles. The van der Waals surface area contributed by atoms with Gasteiger partial charge < -0.3 is 20.5 Å². The lowest BCUT2D eigenvalue weighted by molar-refractivity contribution is -0.120. The van der Waals surface area contributed by atoms with E-state index >= 15 is 0 Å². The molecule has 190 valence electrons. The number of pyridine rings is 1. The van der Waals surface area contributed by atoms with Crippen molar-refractivity contribution in [2.75, 3.05) is 6.54 Å². The molecule has 1 aromatic heterocycles. The molecule has 3 unspecified atom stereocenters. The number of ether oxygens (including phenoxy) is 1. The van der Waals surface area contributed by atoms with E-state index in [0.29, 0.717) is 18.8 Å². The monoisotopic (exact) mass is 483 g/mol. The van der Waals surface area contributed by atoms with Crippen molar-refractivity contribution >= 4 is 5.91 Å². The van der Waals surface area contributed by atoms with E-state index in [1.54, 1.807) is 12.1 Å². The van der Waals surface area contributed by atoms with Gasteiger partial charge in [-0.05, 0) is 66.8 Å². The van der Waals surface area contributed by atoms with Gasteiger partial charge in [-0.1, -0.05) is 32.9 Å². The molecule has 1 saturated carbocycles. The second kappa shape index (κ2) is 10.2. The van der Waals surface area contributed by atoms with Crippen LogP contribution >= 0.6 is 0 Å². The predicted octanol–water partition coefficient (Wildman–Crippen LogP) is 4.25. The Balaban J connectivity index is 1.49. The number of nitrogens with zero attached hydrogens (tertiary/aromatic N) is 1. The van der Waals surface area contributed by atoms with Crippen LogP contribution in [0.2, 0.25) is 0 Å². The minimum Gasteiger partial charge on any atom is -0.471 e. The highest BCUT2D eigenvalue weighted by Gasteiger charge is 2.46. The third kappa shape index (κ3) is 6.58. The number of hydrogen-bond acceptors (Lipinski definition) is 5. The summed E-state index contributed by atoms with van der Waals surface area (Å²) in [6, 6.07) is 7.85.